The molecule has 0 aromatic rings. The molecule has 0 amide bonds. The van der Waals surface area contributed by atoms with Crippen LogP contribution < -0.4 is 5.32 Å². The van der Waals surface area contributed by atoms with Gasteiger partial charge in [-0.1, -0.05) is 0 Å². The first-order chi connectivity index (χ1) is 4.88. The van der Waals surface area contributed by atoms with Gasteiger partial charge in [0.05, 0.1) is 13.2 Å². The van der Waals surface area contributed by atoms with Crippen molar-refractivity contribution in [2.45, 2.75) is 12.5 Å². The van der Waals surface area contributed by atoms with E-state index in [4.69, 9.17) is 9.84 Å². The summed E-state index contributed by atoms with van der Waals surface area (Å²) in [5.74, 6) is 0.509. The summed E-state index contributed by atoms with van der Waals surface area (Å²) < 4.78 is 5.19. The summed E-state index contributed by atoms with van der Waals surface area (Å²) >= 11 is 0. The average Bonchev–Trinajstić information content (AvgIpc) is 2.43. The molecule has 0 radical (unpaired) electrons. The zero-order chi connectivity index (χ0) is 7.40. The van der Waals surface area contributed by atoms with Crippen molar-refractivity contribution >= 4 is 0 Å². The molecule has 1 aliphatic heterocycles. The summed E-state index contributed by atoms with van der Waals surface area (Å²) in [6.45, 7) is 1.86. The minimum atomic E-state index is 0.213. The van der Waals surface area contributed by atoms with Crippen LogP contribution >= 0.6 is 0 Å². The van der Waals surface area contributed by atoms with Gasteiger partial charge >= 0.3 is 0 Å². The molecule has 1 fully saturated rings. The van der Waals surface area contributed by atoms with Crippen molar-refractivity contribution in [3.05, 3.63) is 0 Å². The molecule has 2 N–H and O–H groups in total. The fraction of sp³-hybridized carbons (Fsp3) is 1.00. The number of ether oxygens (including phenoxy) is 1. The highest BCUT2D eigenvalue weighted by molar-refractivity contribution is 4.77. The summed E-state index contributed by atoms with van der Waals surface area (Å²) in [4.78, 5) is 0. The van der Waals surface area contributed by atoms with Crippen LogP contribution in [-0.2, 0) is 4.74 Å². The van der Waals surface area contributed by atoms with E-state index in [9.17, 15) is 0 Å². The van der Waals surface area contributed by atoms with Crippen LogP contribution in [0.2, 0.25) is 0 Å². The van der Waals surface area contributed by atoms with E-state index in [1.807, 2.05) is 7.05 Å². The van der Waals surface area contributed by atoms with E-state index in [0.717, 1.165) is 19.6 Å². The lowest BCUT2D eigenvalue weighted by Crippen LogP contribution is -2.37. The minimum absolute atomic E-state index is 0.213. The summed E-state index contributed by atoms with van der Waals surface area (Å²) in [6, 6.07) is 0.225. The maximum absolute atomic E-state index is 8.87. The van der Waals surface area contributed by atoms with E-state index in [0.29, 0.717) is 5.92 Å². The van der Waals surface area contributed by atoms with E-state index >= 15 is 0 Å². The van der Waals surface area contributed by atoms with E-state index in [2.05, 4.69) is 5.32 Å². The summed E-state index contributed by atoms with van der Waals surface area (Å²) in [7, 11) is 1.87. The first-order valence-electron chi connectivity index (χ1n) is 3.74. The highest BCUT2D eigenvalue weighted by Crippen LogP contribution is 2.15. The zero-order valence-electron chi connectivity index (χ0n) is 6.34. The van der Waals surface area contributed by atoms with Crippen LogP contribution in [-0.4, -0.2) is 38.0 Å². The molecule has 0 aliphatic carbocycles. The van der Waals surface area contributed by atoms with Crippen molar-refractivity contribution in [2.75, 3.05) is 26.9 Å². The highest BCUT2D eigenvalue weighted by Gasteiger charge is 2.23. The van der Waals surface area contributed by atoms with Gasteiger partial charge in [-0.2, -0.15) is 0 Å². The molecule has 60 valence electrons. The number of hydrogen-bond donors (Lipinski definition) is 2. The maximum Gasteiger partial charge on any atom is 0.0588 e. The van der Waals surface area contributed by atoms with Crippen molar-refractivity contribution < 1.29 is 9.84 Å². The van der Waals surface area contributed by atoms with Gasteiger partial charge in [0.2, 0.25) is 0 Å². The van der Waals surface area contributed by atoms with Crippen molar-refractivity contribution in [3.63, 3.8) is 0 Å². The van der Waals surface area contributed by atoms with Crippen LogP contribution in [0.4, 0.5) is 0 Å². The number of rotatable bonds is 3. The van der Waals surface area contributed by atoms with Crippen molar-refractivity contribution in [1.29, 1.82) is 0 Å². The lowest BCUT2D eigenvalue weighted by atomic mass is 10.0. The molecule has 0 saturated carbocycles. The summed E-state index contributed by atoms with van der Waals surface area (Å²) in [5, 5.41) is 11.9. The lowest BCUT2D eigenvalue weighted by Gasteiger charge is -2.18. The summed E-state index contributed by atoms with van der Waals surface area (Å²) in [6.07, 6.45) is 1.08. The molecule has 1 rings (SSSR count). The molecule has 0 aromatic carbocycles. The number of aliphatic hydroxyl groups excluding tert-OH is 1. The van der Waals surface area contributed by atoms with Crippen molar-refractivity contribution in [3.8, 4) is 0 Å². The smallest absolute Gasteiger partial charge is 0.0588 e. The van der Waals surface area contributed by atoms with E-state index in [-0.39, 0.29) is 12.6 Å². The third-order valence-corrected chi connectivity index (χ3v) is 2.10. The number of likely N-dealkylation sites (N-methyl/N-ethyl adjacent to an activating group) is 1. The third kappa shape index (κ3) is 1.68. The molecule has 1 heterocycles. The van der Waals surface area contributed by atoms with Crippen LogP contribution in [0.3, 0.4) is 0 Å². The Morgan fingerprint density at radius 3 is 3.00 bits per heavy atom. The van der Waals surface area contributed by atoms with Gasteiger partial charge in [0.25, 0.3) is 0 Å². The standard InChI is InChI=1S/C7H15NO2/c1-8-7(4-9)6-2-3-10-5-6/h6-9H,2-5H2,1H3. The Kier molecular flexibility index (Phi) is 3.12. The van der Waals surface area contributed by atoms with Crippen LogP contribution in [0, 0.1) is 5.92 Å². The van der Waals surface area contributed by atoms with Crippen LogP contribution in [0.1, 0.15) is 6.42 Å². The predicted octanol–water partition coefficient (Wildman–Crippen LogP) is -0.397. The Bertz CT molecular complexity index is 87.6. The van der Waals surface area contributed by atoms with Gasteiger partial charge < -0.3 is 15.2 Å². The monoisotopic (exact) mass is 145 g/mol. The Labute approximate surface area is 61.4 Å². The predicted molar refractivity (Wildman–Crippen MR) is 38.9 cm³/mol. The molecule has 1 aliphatic rings. The second-order valence-corrected chi connectivity index (χ2v) is 2.70. The van der Waals surface area contributed by atoms with Crippen molar-refractivity contribution in [2.24, 2.45) is 5.92 Å². The molecule has 3 nitrogen and oxygen atoms in total. The number of nitrogens with one attached hydrogen (secondary N) is 1. The third-order valence-electron chi connectivity index (χ3n) is 2.10. The normalized spacial score (nSPS) is 28.8. The number of hydrogen-bond acceptors (Lipinski definition) is 3. The quantitative estimate of drug-likeness (QED) is 0.568. The molecular formula is C7H15NO2. The average molecular weight is 145 g/mol. The largest absolute Gasteiger partial charge is 0.395 e. The van der Waals surface area contributed by atoms with Crippen LogP contribution in [0.15, 0.2) is 0 Å². The molecule has 10 heavy (non-hydrogen) atoms. The Hall–Kier alpha value is -0.120. The lowest BCUT2D eigenvalue weighted by molar-refractivity contribution is 0.157. The van der Waals surface area contributed by atoms with Gasteiger partial charge in [0, 0.05) is 18.6 Å². The first-order valence-corrected chi connectivity index (χ1v) is 3.74. The molecule has 0 aromatic heterocycles. The zero-order valence-corrected chi connectivity index (χ0v) is 6.34. The SMILES string of the molecule is CNC(CO)C1CCOC1. The van der Waals surface area contributed by atoms with Gasteiger partial charge in [-0.05, 0) is 13.5 Å². The van der Waals surface area contributed by atoms with E-state index < -0.39 is 0 Å². The molecular weight excluding hydrogens is 130 g/mol. The summed E-state index contributed by atoms with van der Waals surface area (Å²) in [5.41, 5.74) is 0. The maximum atomic E-state index is 8.87. The van der Waals surface area contributed by atoms with E-state index in [1.165, 1.54) is 0 Å². The molecule has 2 atom stereocenters. The first kappa shape index (κ1) is 7.98. The second kappa shape index (κ2) is 3.91. The molecule has 0 bridgehead atoms. The number of aliphatic hydroxyl groups is 1. The highest BCUT2D eigenvalue weighted by atomic mass is 16.5. The molecule has 2 unspecified atom stereocenters. The van der Waals surface area contributed by atoms with Crippen molar-refractivity contribution in [1.82, 2.24) is 5.32 Å². The molecule has 3 heteroatoms. The second-order valence-electron chi connectivity index (χ2n) is 2.70. The van der Waals surface area contributed by atoms with Gasteiger partial charge in [0.15, 0.2) is 0 Å². The van der Waals surface area contributed by atoms with Gasteiger partial charge in [-0.25, -0.2) is 0 Å². The Morgan fingerprint density at radius 1 is 1.80 bits per heavy atom. The van der Waals surface area contributed by atoms with Gasteiger partial charge in [0.1, 0.15) is 0 Å². The molecule has 1 saturated heterocycles. The Morgan fingerprint density at radius 2 is 2.60 bits per heavy atom. The van der Waals surface area contributed by atoms with E-state index in [1.54, 1.807) is 0 Å². The molecule has 0 spiro atoms. The van der Waals surface area contributed by atoms with Crippen LogP contribution in [0.25, 0.3) is 0 Å². The minimum Gasteiger partial charge on any atom is -0.395 e. The van der Waals surface area contributed by atoms with Gasteiger partial charge in [-0.3, -0.25) is 0 Å². The Balaban J connectivity index is 2.29. The fourth-order valence-corrected chi connectivity index (χ4v) is 1.35. The van der Waals surface area contributed by atoms with Gasteiger partial charge in [-0.15, -0.1) is 0 Å². The topological polar surface area (TPSA) is 41.5 Å². The fourth-order valence-electron chi connectivity index (χ4n) is 1.35. The van der Waals surface area contributed by atoms with Crippen LogP contribution in [0.5, 0.6) is 0 Å².